The second-order valence-corrected chi connectivity index (χ2v) is 4.25. The Morgan fingerprint density at radius 1 is 1.20 bits per heavy atom. The van der Waals surface area contributed by atoms with Crippen LogP contribution >= 0.6 is 12.2 Å². The fourth-order valence-corrected chi connectivity index (χ4v) is 1.81. The maximum absolute atomic E-state index is 11.6. The molecule has 0 saturated heterocycles. The van der Waals surface area contributed by atoms with Crippen LogP contribution in [0.2, 0.25) is 0 Å². The van der Waals surface area contributed by atoms with Gasteiger partial charge in [-0.15, -0.1) is 5.11 Å². The molecule has 0 spiro atoms. The highest BCUT2D eigenvalue weighted by Crippen LogP contribution is 2.35. The van der Waals surface area contributed by atoms with Crippen LogP contribution in [0.15, 0.2) is 33.2 Å². The Morgan fingerprint density at radius 3 is 2.80 bits per heavy atom. The lowest BCUT2D eigenvalue weighted by Crippen LogP contribution is -2.06. The van der Waals surface area contributed by atoms with Crippen LogP contribution in [0, 0.1) is 4.77 Å². The first-order valence-electron chi connectivity index (χ1n) is 5.50. The smallest absolute Gasteiger partial charge is 0.283 e. The van der Waals surface area contributed by atoms with E-state index in [-0.39, 0.29) is 17.3 Å². The van der Waals surface area contributed by atoms with Crippen molar-refractivity contribution in [3.05, 3.63) is 33.3 Å². The van der Waals surface area contributed by atoms with E-state index in [0.29, 0.717) is 17.2 Å². The highest BCUT2D eigenvalue weighted by molar-refractivity contribution is 7.71. The zero-order chi connectivity index (χ0) is 14.1. The first kappa shape index (κ1) is 12.4. The van der Waals surface area contributed by atoms with Crippen LogP contribution < -0.4 is 15.0 Å². The summed E-state index contributed by atoms with van der Waals surface area (Å²) in [5.74, 6) is 0.726. The van der Waals surface area contributed by atoms with Crippen molar-refractivity contribution >= 4 is 23.6 Å². The summed E-state index contributed by atoms with van der Waals surface area (Å²) in [7, 11) is 0. The number of fused-ring (bicyclic) bond motifs is 1. The third-order valence-electron chi connectivity index (χ3n) is 2.52. The van der Waals surface area contributed by atoms with Crippen molar-refractivity contribution in [1.82, 2.24) is 9.97 Å². The third kappa shape index (κ3) is 2.26. The molecule has 9 heteroatoms. The zero-order valence-electron chi connectivity index (χ0n) is 9.91. The van der Waals surface area contributed by atoms with E-state index in [9.17, 15) is 9.90 Å². The second-order valence-electron chi connectivity index (χ2n) is 3.84. The number of H-pyrrole nitrogens is 2. The number of rotatable bonds is 2. The monoisotopic (exact) mass is 292 g/mol. The molecule has 1 aliphatic rings. The highest BCUT2D eigenvalue weighted by atomic mass is 32.1. The van der Waals surface area contributed by atoms with Gasteiger partial charge in [-0.3, -0.25) is 9.78 Å². The molecule has 1 aromatic carbocycles. The standard InChI is InChI=1S/C11H8N4O4S/c16-9-8(10(17)13-11(20)12-9)15-14-5-1-2-6-7(3-5)19-4-18-6/h1-3H,4H2,(H3,12,13,16,17,20). The molecule has 3 rings (SSSR count). The van der Waals surface area contributed by atoms with Crippen LogP contribution in [0.1, 0.15) is 0 Å². The molecule has 0 amide bonds. The Labute approximate surface area is 116 Å². The van der Waals surface area contributed by atoms with Crippen molar-refractivity contribution in [1.29, 1.82) is 0 Å². The first-order chi connectivity index (χ1) is 9.63. The number of hydrogen-bond donors (Lipinski definition) is 3. The van der Waals surface area contributed by atoms with Gasteiger partial charge < -0.3 is 19.6 Å². The van der Waals surface area contributed by atoms with Crippen LogP contribution in [-0.4, -0.2) is 21.9 Å². The number of benzene rings is 1. The molecule has 3 N–H and O–H groups in total. The van der Waals surface area contributed by atoms with Gasteiger partial charge in [-0.2, -0.15) is 5.11 Å². The van der Waals surface area contributed by atoms with E-state index in [4.69, 9.17) is 21.7 Å². The number of aromatic hydroxyl groups is 1. The Hall–Kier alpha value is -2.68. The van der Waals surface area contributed by atoms with Gasteiger partial charge in [-0.1, -0.05) is 0 Å². The van der Waals surface area contributed by atoms with Crippen LogP contribution in [0.5, 0.6) is 17.4 Å². The number of nitrogens with zero attached hydrogens (tertiary/aromatic N) is 2. The Bertz CT molecular complexity index is 811. The topological polar surface area (TPSA) is 112 Å². The minimum absolute atomic E-state index is 0.00882. The minimum Gasteiger partial charge on any atom is -0.493 e. The van der Waals surface area contributed by atoms with Crippen molar-refractivity contribution in [3.63, 3.8) is 0 Å². The van der Waals surface area contributed by atoms with Crippen molar-refractivity contribution in [2.45, 2.75) is 0 Å². The number of hydrogen-bond acceptors (Lipinski definition) is 7. The zero-order valence-corrected chi connectivity index (χ0v) is 10.7. The summed E-state index contributed by atoms with van der Waals surface area (Å²) in [5.41, 5.74) is -0.428. The van der Waals surface area contributed by atoms with Gasteiger partial charge in [0.15, 0.2) is 16.3 Å². The molecule has 0 radical (unpaired) electrons. The summed E-state index contributed by atoms with van der Waals surface area (Å²) in [4.78, 5) is 16.2. The van der Waals surface area contributed by atoms with Crippen molar-refractivity contribution in [3.8, 4) is 17.4 Å². The average molecular weight is 292 g/mol. The number of aromatic amines is 2. The van der Waals surface area contributed by atoms with Gasteiger partial charge in [-0.05, 0) is 24.4 Å². The molecule has 8 nitrogen and oxygen atoms in total. The van der Waals surface area contributed by atoms with E-state index < -0.39 is 11.4 Å². The number of aromatic nitrogens is 2. The van der Waals surface area contributed by atoms with E-state index in [1.54, 1.807) is 18.2 Å². The maximum atomic E-state index is 11.6. The molecule has 0 atom stereocenters. The van der Waals surface area contributed by atoms with Gasteiger partial charge in [0.1, 0.15) is 0 Å². The first-order valence-corrected chi connectivity index (χ1v) is 5.91. The third-order valence-corrected chi connectivity index (χ3v) is 2.72. The minimum atomic E-state index is -0.629. The van der Waals surface area contributed by atoms with Gasteiger partial charge in [0.25, 0.3) is 5.56 Å². The van der Waals surface area contributed by atoms with Crippen LogP contribution in [-0.2, 0) is 0 Å². The van der Waals surface area contributed by atoms with Gasteiger partial charge in [0, 0.05) is 6.07 Å². The molecule has 0 aliphatic carbocycles. The number of nitrogens with one attached hydrogen (secondary N) is 2. The summed E-state index contributed by atoms with van der Waals surface area (Å²) >= 11 is 4.70. The summed E-state index contributed by atoms with van der Waals surface area (Å²) < 4.78 is 10.4. The van der Waals surface area contributed by atoms with Gasteiger partial charge in [0.2, 0.25) is 18.4 Å². The molecule has 2 aromatic rings. The van der Waals surface area contributed by atoms with E-state index in [2.05, 4.69) is 20.2 Å². The highest BCUT2D eigenvalue weighted by Gasteiger charge is 2.13. The maximum Gasteiger partial charge on any atom is 0.283 e. The fourth-order valence-electron chi connectivity index (χ4n) is 1.62. The van der Waals surface area contributed by atoms with Crippen molar-refractivity contribution < 1.29 is 14.6 Å². The molecule has 102 valence electrons. The normalized spacial score (nSPS) is 13.0. The van der Waals surface area contributed by atoms with E-state index in [0.717, 1.165) is 0 Å². The number of azo groups is 1. The largest absolute Gasteiger partial charge is 0.493 e. The van der Waals surface area contributed by atoms with Gasteiger partial charge in [0.05, 0.1) is 5.69 Å². The lowest BCUT2D eigenvalue weighted by molar-refractivity contribution is 0.174. The molecule has 0 saturated carbocycles. The summed E-state index contributed by atoms with van der Waals surface area (Å²) in [5, 5.41) is 17.1. The SMILES string of the molecule is O=c1[nH]c(=S)[nH]c(O)c1N=Nc1ccc2c(c1)OCO2. The Morgan fingerprint density at radius 2 is 2.00 bits per heavy atom. The Kier molecular flexibility index (Phi) is 2.95. The molecule has 1 aliphatic heterocycles. The Balaban J connectivity index is 1.95. The van der Waals surface area contributed by atoms with E-state index in [1.165, 1.54) is 0 Å². The summed E-state index contributed by atoms with van der Waals surface area (Å²) in [6.07, 6.45) is 0. The van der Waals surface area contributed by atoms with Crippen LogP contribution in [0.3, 0.4) is 0 Å². The molecule has 0 fully saturated rings. The molecule has 20 heavy (non-hydrogen) atoms. The fraction of sp³-hybridized carbons (Fsp3) is 0.0909. The van der Waals surface area contributed by atoms with E-state index >= 15 is 0 Å². The van der Waals surface area contributed by atoms with Crippen LogP contribution in [0.25, 0.3) is 0 Å². The average Bonchev–Trinajstić information content (AvgIpc) is 2.84. The lowest BCUT2D eigenvalue weighted by Gasteiger charge is -1.98. The second kappa shape index (κ2) is 4.78. The van der Waals surface area contributed by atoms with Crippen LogP contribution in [0.4, 0.5) is 11.4 Å². The lowest BCUT2D eigenvalue weighted by atomic mass is 10.3. The summed E-state index contributed by atoms with van der Waals surface area (Å²) in [6, 6.07) is 4.94. The van der Waals surface area contributed by atoms with E-state index in [1.807, 2.05) is 0 Å². The van der Waals surface area contributed by atoms with Crippen molar-refractivity contribution in [2.75, 3.05) is 6.79 Å². The number of ether oxygens (including phenoxy) is 2. The van der Waals surface area contributed by atoms with Gasteiger partial charge in [-0.25, -0.2) is 0 Å². The van der Waals surface area contributed by atoms with Gasteiger partial charge >= 0.3 is 0 Å². The molecule has 1 aromatic heterocycles. The molecular formula is C11H8N4O4S. The quantitative estimate of drug-likeness (QED) is 0.580. The molecule has 2 heterocycles. The molecular weight excluding hydrogens is 284 g/mol. The van der Waals surface area contributed by atoms with Crippen molar-refractivity contribution in [2.24, 2.45) is 10.2 Å². The molecule has 0 bridgehead atoms. The molecule has 0 unspecified atom stereocenters. The summed E-state index contributed by atoms with van der Waals surface area (Å²) in [6.45, 7) is 0.158. The predicted molar refractivity (Wildman–Crippen MR) is 70.7 cm³/mol. The predicted octanol–water partition coefficient (Wildman–Crippen LogP) is 2.28.